The van der Waals surface area contributed by atoms with Crippen molar-refractivity contribution in [3.05, 3.63) is 29.8 Å². The molecule has 1 amide bonds. The van der Waals surface area contributed by atoms with Crippen LogP contribution in [0.5, 0.6) is 5.75 Å². The lowest BCUT2D eigenvalue weighted by molar-refractivity contribution is -0.122. The van der Waals surface area contributed by atoms with E-state index < -0.39 is 15.4 Å². The molecule has 1 aromatic rings. The van der Waals surface area contributed by atoms with Gasteiger partial charge < -0.3 is 10.1 Å². The largest absolute Gasteiger partial charge is 0.494 e. The summed E-state index contributed by atoms with van der Waals surface area (Å²) < 4.78 is 28.4. The maximum atomic E-state index is 12.1. The number of sulfone groups is 1. The highest BCUT2D eigenvalue weighted by atomic mass is 32.2. The second-order valence-corrected chi connectivity index (χ2v) is 8.52. The smallest absolute Gasteiger partial charge is 0.220 e. The molecule has 1 aliphatic heterocycles. The van der Waals surface area contributed by atoms with Gasteiger partial charge in [0.2, 0.25) is 5.91 Å². The number of amides is 1. The fourth-order valence-corrected chi connectivity index (χ4v) is 4.88. The van der Waals surface area contributed by atoms with Crippen LogP contribution < -0.4 is 10.1 Å². The number of nitrogens with one attached hydrogen (secondary N) is 1. The molecule has 1 fully saturated rings. The molecule has 0 saturated carbocycles. The van der Waals surface area contributed by atoms with Gasteiger partial charge in [-0.3, -0.25) is 9.59 Å². The molecule has 1 N–H and O–H groups in total. The molecule has 1 saturated heterocycles. The first-order valence-electron chi connectivity index (χ1n) is 8.00. The molecule has 0 radical (unpaired) electrons. The number of hydrogen-bond donors (Lipinski definition) is 1. The minimum absolute atomic E-state index is 0.0431. The summed E-state index contributed by atoms with van der Waals surface area (Å²) in [5.41, 5.74) is -0.195. The Morgan fingerprint density at radius 3 is 2.42 bits per heavy atom. The Morgan fingerprint density at radius 1 is 1.21 bits per heavy atom. The molecule has 1 aliphatic rings. The van der Waals surface area contributed by atoms with Crippen molar-refractivity contribution in [1.82, 2.24) is 5.32 Å². The number of Topliss-reactive ketones (excluding diaryl/α,β-unsaturated/α-hetero) is 1. The number of hydrogen-bond acceptors (Lipinski definition) is 5. The fraction of sp³-hybridized carbons (Fsp3) is 0.529. The summed E-state index contributed by atoms with van der Waals surface area (Å²) in [4.78, 5) is 24.1. The summed E-state index contributed by atoms with van der Waals surface area (Å²) >= 11 is 0. The minimum atomic E-state index is -3.08. The van der Waals surface area contributed by atoms with E-state index in [9.17, 15) is 18.0 Å². The number of benzene rings is 1. The standard InChI is InChI=1S/C17H23NO5S/c1-3-23-14-6-4-13(5-7-14)15(19)8-9-16(20)18-17(2)10-11-24(21,22)12-17/h4-7H,3,8-12H2,1-2H3,(H,18,20)/t17-/m1/s1. The summed E-state index contributed by atoms with van der Waals surface area (Å²) in [6, 6.07) is 6.80. The second-order valence-electron chi connectivity index (χ2n) is 6.33. The number of ketones is 1. The van der Waals surface area contributed by atoms with E-state index in [0.29, 0.717) is 24.3 Å². The molecule has 0 spiro atoms. The molecule has 6 nitrogen and oxygen atoms in total. The fourth-order valence-electron chi connectivity index (χ4n) is 2.78. The van der Waals surface area contributed by atoms with E-state index in [4.69, 9.17) is 4.74 Å². The third-order valence-electron chi connectivity index (χ3n) is 4.01. The molecular weight excluding hydrogens is 330 g/mol. The third kappa shape index (κ3) is 5.06. The summed E-state index contributed by atoms with van der Waals surface area (Å²) in [6.45, 7) is 4.17. The van der Waals surface area contributed by atoms with Crippen molar-refractivity contribution < 1.29 is 22.7 Å². The number of carbonyl (C=O) groups is 2. The van der Waals surface area contributed by atoms with Crippen LogP contribution in [0.15, 0.2) is 24.3 Å². The molecule has 1 atom stereocenters. The maximum absolute atomic E-state index is 12.1. The third-order valence-corrected chi connectivity index (χ3v) is 5.91. The summed E-state index contributed by atoms with van der Waals surface area (Å²) in [7, 11) is -3.08. The van der Waals surface area contributed by atoms with Crippen LogP contribution in [0, 0.1) is 0 Å². The van der Waals surface area contributed by atoms with E-state index >= 15 is 0 Å². The van der Waals surface area contributed by atoms with Crippen LogP contribution in [0.25, 0.3) is 0 Å². The summed E-state index contributed by atoms with van der Waals surface area (Å²) in [5.74, 6) is 0.321. The van der Waals surface area contributed by atoms with Crippen molar-refractivity contribution in [3.63, 3.8) is 0 Å². The van der Waals surface area contributed by atoms with E-state index in [1.807, 2.05) is 6.92 Å². The van der Waals surface area contributed by atoms with E-state index in [2.05, 4.69) is 5.32 Å². The van der Waals surface area contributed by atoms with Crippen LogP contribution in [-0.2, 0) is 14.6 Å². The Morgan fingerprint density at radius 2 is 1.88 bits per heavy atom. The second kappa shape index (κ2) is 7.34. The van der Waals surface area contributed by atoms with Crippen LogP contribution in [-0.4, -0.2) is 43.8 Å². The quantitative estimate of drug-likeness (QED) is 0.754. The van der Waals surface area contributed by atoms with Crippen molar-refractivity contribution in [2.24, 2.45) is 0 Å². The van der Waals surface area contributed by atoms with Gasteiger partial charge in [0.25, 0.3) is 0 Å². The number of rotatable bonds is 7. The Bertz CT molecular complexity index is 711. The van der Waals surface area contributed by atoms with E-state index in [1.165, 1.54) is 0 Å². The van der Waals surface area contributed by atoms with Crippen molar-refractivity contribution >= 4 is 21.5 Å². The van der Waals surface area contributed by atoms with Crippen molar-refractivity contribution in [3.8, 4) is 5.75 Å². The molecule has 0 bridgehead atoms. The van der Waals surface area contributed by atoms with Gasteiger partial charge in [0.05, 0.1) is 23.7 Å². The molecule has 1 heterocycles. The predicted molar refractivity (Wildman–Crippen MR) is 91.0 cm³/mol. The zero-order valence-electron chi connectivity index (χ0n) is 14.0. The average molecular weight is 353 g/mol. The van der Waals surface area contributed by atoms with Gasteiger partial charge in [-0.15, -0.1) is 0 Å². The Kier molecular flexibility index (Phi) is 5.64. The predicted octanol–water partition coefficient (Wildman–Crippen LogP) is 1.74. The normalized spacial score (nSPS) is 22.1. The van der Waals surface area contributed by atoms with Gasteiger partial charge in [0.1, 0.15) is 5.75 Å². The van der Waals surface area contributed by atoms with Crippen LogP contribution in [0.1, 0.15) is 43.5 Å². The molecular formula is C17H23NO5S. The first-order chi connectivity index (χ1) is 11.2. The van der Waals surface area contributed by atoms with Gasteiger partial charge in [-0.05, 0) is 44.5 Å². The lowest BCUT2D eigenvalue weighted by atomic mass is 10.0. The van der Waals surface area contributed by atoms with Gasteiger partial charge in [0.15, 0.2) is 15.6 Å². The zero-order valence-corrected chi connectivity index (χ0v) is 14.8. The maximum Gasteiger partial charge on any atom is 0.220 e. The molecule has 0 aliphatic carbocycles. The van der Waals surface area contributed by atoms with Crippen LogP contribution in [0.2, 0.25) is 0 Å². The molecule has 2 rings (SSSR count). The molecule has 7 heteroatoms. The van der Waals surface area contributed by atoms with Gasteiger partial charge in [-0.2, -0.15) is 0 Å². The molecule has 24 heavy (non-hydrogen) atoms. The first-order valence-corrected chi connectivity index (χ1v) is 9.83. The van der Waals surface area contributed by atoms with E-state index in [1.54, 1.807) is 31.2 Å². The Hall–Kier alpha value is -1.89. The SMILES string of the molecule is CCOc1ccc(C(=O)CCC(=O)N[C@]2(C)CCS(=O)(=O)C2)cc1. The molecule has 0 aromatic heterocycles. The van der Waals surface area contributed by atoms with Crippen LogP contribution in [0.3, 0.4) is 0 Å². The van der Waals surface area contributed by atoms with Crippen molar-refractivity contribution in [1.29, 1.82) is 0 Å². The van der Waals surface area contributed by atoms with Crippen molar-refractivity contribution in [2.75, 3.05) is 18.1 Å². The highest BCUT2D eigenvalue weighted by Crippen LogP contribution is 2.23. The first kappa shape index (κ1) is 18.4. The lowest BCUT2D eigenvalue weighted by Gasteiger charge is -2.23. The topological polar surface area (TPSA) is 89.5 Å². The summed E-state index contributed by atoms with van der Waals surface area (Å²) in [6.07, 6.45) is 0.540. The highest BCUT2D eigenvalue weighted by molar-refractivity contribution is 7.91. The van der Waals surface area contributed by atoms with Gasteiger partial charge in [-0.25, -0.2) is 8.42 Å². The summed E-state index contributed by atoms with van der Waals surface area (Å²) in [5, 5.41) is 2.75. The van der Waals surface area contributed by atoms with Crippen molar-refractivity contribution in [2.45, 2.75) is 38.6 Å². The number of ether oxygens (including phenoxy) is 1. The average Bonchev–Trinajstić information content (AvgIpc) is 2.79. The lowest BCUT2D eigenvalue weighted by Crippen LogP contribution is -2.46. The van der Waals surface area contributed by atoms with Gasteiger partial charge in [0, 0.05) is 18.4 Å². The monoisotopic (exact) mass is 353 g/mol. The van der Waals surface area contributed by atoms with Crippen LogP contribution >= 0.6 is 0 Å². The van der Waals surface area contributed by atoms with Crippen LogP contribution in [0.4, 0.5) is 0 Å². The highest BCUT2D eigenvalue weighted by Gasteiger charge is 2.39. The zero-order chi connectivity index (χ0) is 17.8. The van der Waals surface area contributed by atoms with Gasteiger partial charge >= 0.3 is 0 Å². The van der Waals surface area contributed by atoms with E-state index in [-0.39, 0.29) is 36.0 Å². The van der Waals surface area contributed by atoms with E-state index in [0.717, 1.165) is 0 Å². The Balaban J connectivity index is 1.84. The molecule has 1 aromatic carbocycles. The molecule has 0 unspecified atom stereocenters. The van der Waals surface area contributed by atoms with Gasteiger partial charge in [-0.1, -0.05) is 0 Å². The number of carbonyl (C=O) groups excluding carboxylic acids is 2. The minimum Gasteiger partial charge on any atom is -0.494 e. The molecule has 132 valence electrons. The Labute approximate surface area is 142 Å².